The molecule has 1 atom stereocenters. The van der Waals surface area contributed by atoms with Gasteiger partial charge in [-0.1, -0.05) is 5.21 Å². The summed E-state index contributed by atoms with van der Waals surface area (Å²) in [5.74, 6) is 0.798. The third-order valence-corrected chi connectivity index (χ3v) is 4.08. The molecule has 8 heteroatoms. The number of methoxy groups -OCH3 is 1. The van der Waals surface area contributed by atoms with Crippen molar-refractivity contribution in [3.63, 3.8) is 0 Å². The van der Waals surface area contributed by atoms with Gasteiger partial charge in [-0.25, -0.2) is 14.1 Å². The molecule has 7 nitrogen and oxygen atoms in total. The number of ether oxygens (including phenoxy) is 2. The quantitative estimate of drug-likeness (QED) is 0.755. The zero-order chi connectivity index (χ0) is 18.8. The van der Waals surface area contributed by atoms with Crippen LogP contribution in [0.3, 0.4) is 0 Å². The molecule has 2 heterocycles. The van der Waals surface area contributed by atoms with Crippen molar-refractivity contribution in [3.8, 4) is 22.8 Å². The van der Waals surface area contributed by atoms with Crippen molar-refractivity contribution in [2.75, 3.05) is 12.8 Å². The van der Waals surface area contributed by atoms with Gasteiger partial charge in [0.05, 0.1) is 18.5 Å². The minimum atomic E-state index is -0.495. The van der Waals surface area contributed by atoms with Crippen LogP contribution in [-0.2, 0) is 7.05 Å². The van der Waals surface area contributed by atoms with Crippen LogP contribution in [0.25, 0.3) is 11.3 Å². The highest BCUT2D eigenvalue weighted by atomic mass is 19.1. The number of nitrogen functional groups attached to an aromatic ring is 1. The topological polar surface area (TPSA) is 88.1 Å². The van der Waals surface area contributed by atoms with E-state index in [-0.39, 0.29) is 11.6 Å². The lowest BCUT2D eigenvalue weighted by atomic mass is 10.1. The summed E-state index contributed by atoms with van der Waals surface area (Å²) in [6.45, 7) is 3.65. The Morgan fingerprint density at radius 2 is 2.00 bits per heavy atom. The molecule has 0 radical (unpaired) electrons. The summed E-state index contributed by atoms with van der Waals surface area (Å²) >= 11 is 0. The van der Waals surface area contributed by atoms with Crippen LogP contribution >= 0.6 is 0 Å². The molecule has 0 fully saturated rings. The number of nitrogens with two attached hydrogens (primary N) is 1. The number of aromatic nitrogens is 4. The van der Waals surface area contributed by atoms with Gasteiger partial charge < -0.3 is 15.2 Å². The number of rotatable bonds is 5. The minimum absolute atomic E-state index is 0.240. The van der Waals surface area contributed by atoms with Gasteiger partial charge >= 0.3 is 0 Å². The SMILES string of the molecule is COc1ccc(F)cc1C(C)Oc1cc(-c2c(C)nnn2C)cnc1N. The van der Waals surface area contributed by atoms with Crippen molar-refractivity contribution in [1.82, 2.24) is 20.0 Å². The van der Waals surface area contributed by atoms with Crippen molar-refractivity contribution in [2.24, 2.45) is 7.05 Å². The molecule has 0 saturated heterocycles. The van der Waals surface area contributed by atoms with Crippen LogP contribution in [0.5, 0.6) is 11.5 Å². The number of aryl methyl sites for hydroxylation is 2. The molecular weight excluding hydrogens is 337 g/mol. The Morgan fingerprint density at radius 3 is 2.65 bits per heavy atom. The van der Waals surface area contributed by atoms with E-state index in [0.717, 1.165) is 17.0 Å². The monoisotopic (exact) mass is 357 g/mol. The third-order valence-electron chi connectivity index (χ3n) is 4.08. The lowest BCUT2D eigenvalue weighted by molar-refractivity contribution is 0.221. The zero-order valence-electron chi connectivity index (χ0n) is 15.0. The Labute approximate surface area is 150 Å². The minimum Gasteiger partial charge on any atom is -0.496 e. The summed E-state index contributed by atoms with van der Waals surface area (Å²) in [4.78, 5) is 4.20. The Bertz CT molecular complexity index is 922. The average Bonchev–Trinajstić information content (AvgIpc) is 2.95. The van der Waals surface area contributed by atoms with Crippen molar-refractivity contribution >= 4 is 5.82 Å². The zero-order valence-corrected chi connectivity index (χ0v) is 15.0. The van der Waals surface area contributed by atoms with Crippen LogP contribution in [0.2, 0.25) is 0 Å². The third kappa shape index (κ3) is 3.30. The fourth-order valence-electron chi connectivity index (χ4n) is 2.81. The molecular formula is C18H20FN5O2. The van der Waals surface area contributed by atoms with Crippen LogP contribution in [-0.4, -0.2) is 27.1 Å². The van der Waals surface area contributed by atoms with E-state index in [2.05, 4.69) is 15.3 Å². The second kappa shape index (κ2) is 6.99. The van der Waals surface area contributed by atoms with Gasteiger partial charge in [0, 0.05) is 24.4 Å². The van der Waals surface area contributed by atoms with E-state index < -0.39 is 6.10 Å². The summed E-state index contributed by atoms with van der Waals surface area (Å²) in [5.41, 5.74) is 8.91. The highest BCUT2D eigenvalue weighted by Crippen LogP contribution is 2.34. The van der Waals surface area contributed by atoms with E-state index in [0.29, 0.717) is 17.1 Å². The fourth-order valence-corrected chi connectivity index (χ4v) is 2.81. The van der Waals surface area contributed by atoms with E-state index in [9.17, 15) is 4.39 Å². The summed E-state index contributed by atoms with van der Waals surface area (Å²) in [5, 5.41) is 8.03. The van der Waals surface area contributed by atoms with Gasteiger partial charge in [-0.15, -0.1) is 5.10 Å². The van der Waals surface area contributed by atoms with Crippen LogP contribution in [0.1, 0.15) is 24.3 Å². The first-order valence-corrected chi connectivity index (χ1v) is 8.03. The van der Waals surface area contributed by atoms with Crippen molar-refractivity contribution < 1.29 is 13.9 Å². The average molecular weight is 357 g/mol. The number of benzene rings is 1. The van der Waals surface area contributed by atoms with Gasteiger partial charge in [0.25, 0.3) is 0 Å². The Morgan fingerprint density at radius 1 is 1.23 bits per heavy atom. The largest absolute Gasteiger partial charge is 0.496 e. The second-order valence-corrected chi connectivity index (χ2v) is 5.90. The number of pyridine rings is 1. The molecule has 0 amide bonds. The molecule has 3 aromatic rings. The van der Waals surface area contributed by atoms with E-state index in [4.69, 9.17) is 15.2 Å². The predicted octanol–water partition coefficient (Wildman–Crippen LogP) is 3.06. The van der Waals surface area contributed by atoms with Crippen molar-refractivity contribution in [3.05, 3.63) is 47.5 Å². The molecule has 1 aromatic carbocycles. The van der Waals surface area contributed by atoms with Gasteiger partial charge in [0.1, 0.15) is 17.7 Å². The Kier molecular flexibility index (Phi) is 4.75. The number of halogens is 1. The molecule has 0 aliphatic heterocycles. The van der Waals surface area contributed by atoms with Crippen molar-refractivity contribution in [2.45, 2.75) is 20.0 Å². The fraction of sp³-hybridized carbons (Fsp3) is 0.278. The van der Waals surface area contributed by atoms with Gasteiger partial charge in [0.15, 0.2) is 11.6 Å². The number of nitrogens with zero attached hydrogens (tertiary/aromatic N) is 4. The normalized spacial score (nSPS) is 12.0. The number of anilines is 1. The van der Waals surface area contributed by atoms with Crippen LogP contribution in [0.4, 0.5) is 10.2 Å². The van der Waals surface area contributed by atoms with Crippen LogP contribution in [0.15, 0.2) is 30.5 Å². The Balaban J connectivity index is 1.95. The highest BCUT2D eigenvalue weighted by Gasteiger charge is 2.18. The summed E-state index contributed by atoms with van der Waals surface area (Å²) in [7, 11) is 3.32. The maximum atomic E-state index is 13.6. The summed E-state index contributed by atoms with van der Waals surface area (Å²) in [6, 6.07) is 6.06. The molecule has 1 unspecified atom stereocenters. The molecule has 0 bridgehead atoms. The molecule has 136 valence electrons. The molecule has 3 rings (SSSR count). The molecule has 0 aliphatic carbocycles. The maximum absolute atomic E-state index is 13.6. The highest BCUT2D eigenvalue weighted by molar-refractivity contribution is 5.65. The lowest BCUT2D eigenvalue weighted by Gasteiger charge is -2.19. The predicted molar refractivity (Wildman–Crippen MR) is 95.4 cm³/mol. The van der Waals surface area contributed by atoms with Crippen LogP contribution in [0, 0.1) is 12.7 Å². The smallest absolute Gasteiger partial charge is 0.166 e. The molecule has 0 spiro atoms. The van der Waals surface area contributed by atoms with Gasteiger partial charge in [-0.2, -0.15) is 0 Å². The maximum Gasteiger partial charge on any atom is 0.166 e. The second-order valence-electron chi connectivity index (χ2n) is 5.90. The molecule has 26 heavy (non-hydrogen) atoms. The van der Waals surface area contributed by atoms with Gasteiger partial charge in [-0.05, 0) is 38.1 Å². The molecule has 2 N–H and O–H groups in total. The number of hydrogen-bond acceptors (Lipinski definition) is 6. The van der Waals surface area contributed by atoms with Crippen LogP contribution < -0.4 is 15.2 Å². The number of hydrogen-bond donors (Lipinski definition) is 1. The standard InChI is InChI=1S/C18H20FN5O2/c1-10-17(24(3)23-22-10)12-7-16(18(20)21-9-12)26-11(2)14-8-13(19)5-6-15(14)25-4/h5-9,11H,1-4H3,(H2,20,21). The van der Waals surface area contributed by atoms with Gasteiger partial charge in [-0.3, -0.25) is 0 Å². The first-order valence-electron chi connectivity index (χ1n) is 8.03. The Hall–Kier alpha value is -3.16. The van der Waals surface area contributed by atoms with E-state index in [1.54, 1.807) is 37.0 Å². The summed E-state index contributed by atoms with van der Waals surface area (Å²) < 4.78 is 26.5. The van der Waals surface area contributed by atoms with E-state index in [1.165, 1.54) is 19.2 Å². The summed E-state index contributed by atoms with van der Waals surface area (Å²) in [6.07, 6.45) is 1.15. The lowest BCUT2D eigenvalue weighted by Crippen LogP contribution is -2.08. The van der Waals surface area contributed by atoms with Gasteiger partial charge in [0.2, 0.25) is 0 Å². The van der Waals surface area contributed by atoms with E-state index >= 15 is 0 Å². The molecule has 2 aromatic heterocycles. The molecule has 0 saturated carbocycles. The van der Waals surface area contributed by atoms with E-state index in [1.807, 2.05) is 6.92 Å². The first-order chi connectivity index (χ1) is 12.4. The first kappa shape index (κ1) is 17.7. The van der Waals surface area contributed by atoms with Crippen molar-refractivity contribution in [1.29, 1.82) is 0 Å². The molecule has 0 aliphatic rings.